The van der Waals surface area contributed by atoms with E-state index in [4.69, 9.17) is 0 Å². The summed E-state index contributed by atoms with van der Waals surface area (Å²) in [7, 11) is -4.44. The maximum atomic E-state index is 11.6. The summed E-state index contributed by atoms with van der Waals surface area (Å²) in [6.45, 7) is 0. The van der Waals surface area contributed by atoms with Crippen LogP contribution < -0.4 is 0 Å². The Morgan fingerprint density at radius 2 is 1.47 bits per heavy atom. The van der Waals surface area contributed by atoms with Gasteiger partial charge in [0.1, 0.15) is 16.1 Å². The van der Waals surface area contributed by atoms with Crippen molar-refractivity contribution in [3.63, 3.8) is 0 Å². The average molecular weight is 422 g/mol. The van der Waals surface area contributed by atoms with Crippen LogP contribution in [0.2, 0.25) is 0 Å². The molecule has 0 amide bonds. The van der Waals surface area contributed by atoms with Crippen LogP contribution in [0, 0.1) is 0 Å². The first kappa shape index (κ1) is 19.5. The third-order valence-corrected chi connectivity index (χ3v) is 5.53. The normalized spacial score (nSPS) is 12.0. The Hall–Kier alpha value is -3.82. The van der Waals surface area contributed by atoms with Gasteiger partial charge in [0.15, 0.2) is 5.75 Å². The molecule has 0 aromatic heterocycles. The molecule has 4 aromatic rings. The fourth-order valence-electron chi connectivity index (χ4n) is 3.25. The fourth-order valence-corrected chi connectivity index (χ4v) is 3.95. The van der Waals surface area contributed by atoms with Gasteiger partial charge in [-0.2, -0.15) is 8.42 Å². The largest absolute Gasteiger partial charge is 0.505 e. The molecular formula is C21H14N2O6S. The Morgan fingerprint density at radius 3 is 2.13 bits per heavy atom. The summed E-state index contributed by atoms with van der Waals surface area (Å²) in [5, 5.41) is 29.8. The molecule has 0 spiro atoms. The van der Waals surface area contributed by atoms with E-state index in [1.807, 2.05) is 0 Å². The lowest BCUT2D eigenvalue weighted by atomic mass is 10.0. The van der Waals surface area contributed by atoms with E-state index in [9.17, 15) is 28.0 Å². The fraction of sp³-hybridized carbons (Fsp3) is 0. The van der Waals surface area contributed by atoms with Gasteiger partial charge in [-0.3, -0.25) is 4.55 Å². The van der Waals surface area contributed by atoms with Gasteiger partial charge in [-0.05, 0) is 23.6 Å². The quantitative estimate of drug-likeness (QED) is 0.311. The van der Waals surface area contributed by atoms with Crippen LogP contribution in [0.25, 0.3) is 21.5 Å². The van der Waals surface area contributed by atoms with E-state index in [1.165, 1.54) is 24.3 Å². The predicted molar refractivity (Wildman–Crippen MR) is 111 cm³/mol. The lowest BCUT2D eigenvalue weighted by Gasteiger charge is -2.08. The Morgan fingerprint density at radius 1 is 0.833 bits per heavy atom. The SMILES string of the molecule is O=C(O)c1cc2ccccc2c(/N=N/c2ccc(S(=O)(=O)O)c3ccccc23)c1O. The van der Waals surface area contributed by atoms with Crippen LogP contribution in [0.3, 0.4) is 0 Å². The van der Waals surface area contributed by atoms with Crippen molar-refractivity contribution in [2.45, 2.75) is 4.90 Å². The Bertz CT molecular complexity index is 1460. The number of nitrogens with zero attached hydrogens (tertiary/aromatic N) is 2. The molecule has 0 aliphatic heterocycles. The summed E-state index contributed by atoms with van der Waals surface area (Å²) in [6.07, 6.45) is 0. The Labute approximate surface area is 170 Å². The molecule has 0 aliphatic carbocycles. The second-order valence-electron chi connectivity index (χ2n) is 6.45. The van der Waals surface area contributed by atoms with E-state index in [1.54, 1.807) is 42.5 Å². The van der Waals surface area contributed by atoms with Crippen LogP contribution >= 0.6 is 0 Å². The predicted octanol–water partition coefficient (Wildman–Crippen LogP) is 5.06. The number of carboxylic acids is 1. The Kier molecular flexibility index (Phi) is 4.69. The number of azo groups is 1. The number of phenols is 1. The number of benzene rings is 4. The molecule has 4 aromatic carbocycles. The molecule has 0 saturated carbocycles. The Balaban J connectivity index is 1.94. The summed E-state index contributed by atoms with van der Waals surface area (Å²) in [4.78, 5) is 11.2. The summed E-state index contributed by atoms with van der Waals surface area (Å²) in [5.74, 6) is -1.83. The first-order valence-electron chi connectivity index (χ1n) is 8.66. The van der Waals surface area contributed by atoms with Crippen LogP contribution in [0.1, 0.15) is 10.4 Å². The summed E-state index contributed by atoms with van der Waals surface area (Å²) >= 11 is 0. The van der Waals surface area contributed by atoms with Crippen molar-refractivity contribution < 1.29 is 28.0 Å². The van der Waals surface area contributed by atoms with E-state index < -0.39 is 21.8 Å². The molecule has 0 atom stereocenters. The van der Waals surface area contributed by atoms with Crippen molar-refractivity contribution in [1.82, 2.24) is 0 Å². The number of rotatable bonds is 4. The van der Waals surface area contributed by atoms with Gasteiger partial charge in [0, 0.05) is 16.2 Å². The van der Waals surface area contributed by atoms with Crippen molar-refractivity contribution in [3.8, 4) is 5.75 Å². The third kappa shape index (κ3) is 3.36. The van der Waals surface area contributed by atoms with Gasteiger partial charge in [-0.15, -0.1) is 10.2 Å². The topological polar surface area (TPSA) is 137 Å². The number of aromatic carboxylic acids is 1. The molecule has 30 heavy (non-hydrogen) atoms. The molecule has 3 N–H and O–H groups in total. The van der Waals surface area contributed by atoms with E-state index in [0.717, 1.165) is 0 Å². The van der Waals surface area contributed by atoms with E-state index in [0.29, 0.717) is 16.2 Å². The molecule has 0 heterocycles. The molecule has 0 radical (unpaired) electrons. The highest BCUT2D eigenvalue weighted by Gasteiger charge is 2.18. The second kappa shape index (κ2) is 7.21. The first-order chi connectivity index (χ1) is 14.3. The van der Waals surface area contributed by atoms with Gasteiger partial charge in [-0.1, -0.05) is 48.5 Å². The van der Waals surface area contributed by atoms with Crippen LogP contribution in [0.5, 0.6) is 5.75 Å². The molecule has 0 bridgehead atoms. The minimum absolute atomic E-state index is 0.0200. The molecule has 8 nitrogen and oxygen atoms in total. The third-order valence-electron chi connectivity index (χ3n) is 4.62. The van der Waals surface area contributed by atoms with Gasteiger partial charge in [0.2, 0.25) is 0 Å². The van der Waals surface area contributed by atoms with Gasteiger partial charge in [-0.25, -0.2) is 4.79 Å². The summed E-state index contributed by atoms with van der Waals surface area (Å²) < 4.78 is 32.7. The molecule has 9 heteroatoms. The molecule has 150 valence electrons. The van der Waals surface area contributed by atoms with Crippen molar-refractivity contribution >= 4 is 49.0 Å². The average Bonchev–Trinajstić information content (AvgIpc) is 2.71. The maximum Gasteiger partial charge on any atom is 0.339 e. The molecule has 0 fully saturated rings. The summed E-state index contributed by atoms with van der Waals surface area (Å²) in [5.41, 5.74) is -0.0510. The second-order valence-corrected chi connectivity index (χ2v) is 7.84. The minimum Gasteiger partial charge on any atom is -0.505 e. The zero-order valence-electron chi connectivity index (χ0n) is 15.2. The standard InChI is InChI=1S/C21H14N2O6S/c24-20-16(21(25)26)11-12-5-1-2-6-13(12)19(20)23-22-17-9-10-18(30(27,28)29)15-8-4-3-7-14(15)17/h1-11,24H,(H,25,26)(H,27,28,29)/b23-22+. The minimum atomic E-state index is -4.44. The van der Waals surface area contributed by atoms with Crippen molar-refractivity contribution in [1.29, 1.82) is 0 Å². The van der Waals surface area contributed by atoms with Gasteiger partial charge in [0.05, 0.1) is 5.69 Å². The van der Waals surface area contributed by atoms with Crippen molar-refractivity contribution in [2.75, 3.05) is 0 Å². The van der Waals surface area contributed by atoms with Crippen LogP contribution in [-0.4, -0.2) is 29.2 Å². The number of carbonyl (C=O) groups is 1. The lowest BCUT2D eigenvalue weighted by Crippen LogP contribution is -1.98. The lowest BCUT2D eigenvalue weighted by molar-refractivity contribution is 0.0694. The monoisotopic (exact) mass is 422 g/mol. The zero-order chi connectivity index (χ0) is 21.5. The molecule has 4 rings (SSSR count). The number of hydrogen-bond donors (Lipinski definition) is 3. The summed E-state index contributed by atoms with van der Waals surface area (Å²) in [6, 6.07) is 17.2. The molecular weight excluding hydrogens is 408 g/mol. The number of carboxylic acid groups (broad SMARTS) is 1. The van der Waals surface area contributed by atoms with Crippen LogP contribution in [-0.2, 0) is 10.1 Å². The highest BCUT2D eigenvalue weighted by Crippen LogP contribution is 2.40. The molecule has 0 saturated heterocycles. The molecule has 0 unspecified atom stereocenters. The highest BCUT2D eigenvalue weighted by molar-refractivity contribution is 7.86. The van der Waals surface area contributed by atoms with Crippen LogP contribution in [0.4, 0.5) is 11.4 Å². The maximum absolute atomic E-state index is 11.6. The van der Waals surface area contributed by atoms with Gasteiger partial charge in [0.25, 0.3) is 10.1 Å². The number of aromatic hydroxyl groups is 1. The van der Waals surface area contributed by atoms with Crippen LogP contribution in [0.15, 0.2) is 81.9 Å². The molecule has 0 aliphatic rings. The van der Waals surface area contributed by atoms with Crippen molar-refractivity contribution in [3.05, 3.63) is 72.3 Å². The van der Waals surface area contributed by atoms with E-state index in [2.05, 4.69) is 10.2 Å². The van der Waals surface area contributed by atoms with Gasteiger partial charge >= 0.3 is 5.97 Å². The number of fused-ring (bicyclic) bond motifs is 2. The number of hydrogen-bond acceptors (Lipinski definition) is 6. The van der Waals surface area contributed by atoms with E-state index >= 15 is 0 Å². The first-order valence-corrected chi connectivity index (χ1v) is 10.1. The zero-order valence-corrected chi connectivity index (χ0v) is 16.0. The van der Waals surface area contributed by atoms with Gasteiger partial charge < -0.3 is 10.2 Å². The highest BCUT2D eigenvalue weighted by atomic mass is 32.2. The smallest absolute Gasteiger partial charge is 0.339 e. The van der Waals surface area contributed by atoms with Crippen molar-refractivity contribution in [2.24, 2.45) is 10.2 Å². The van der Waals surface area contributed by atoms with E-state index in [-0.39, 0.29) is 27.2 Å².